The second kappa shape index (κ2) is 18.8. The van der Waals surface area contributed by atoms with Gasteiger partial charge in [0.1, 0.15) is 17.9 Å². The first-order valence-corrected chi connectivity index (χ1v) is 14.4. The predicted molar refractivity (Wildman–Crippen MR) is 159 cm³/mol. The number of alkyl halides is 3. The van der Waals surface area contributed by atoms with Crippen LogP contribution in [0.1, 0.15) is 62.5 Å². The minimum Gasteiger partial charge on any atom is -0.481 e. The number of hydrogen-bond donors (Lipinski definition) is 10. The van der Waals surface area contributed by atoms with Gasteiger partial charge in [-0.15, -0.1) is 0 Å². The fourth-order valence-corrected chi connectivity index (χ4v) is 4.83. The molecule has 1 aromatic rings. The molecule has 1 aromatic carbocycles. The Labute approximate surface area is 262 Å². The van der Waals surface area contributed by atoms with Crippen molar-refractivity contribution in [2.24, 2.45) is 29.0 Å². The van der Waals surface area contributed by atoms with Gasteiger partial charge in [0.25, 0.3) is 0 Å². The van der Waals surface area contributed by atoms with Gasteiger partial charge >= 0.3 is 18.1 Å². The maximum Gasteiger partial charge on any atom is 0.490 e. The number of nitrogens with two attached hydrogens (primary N) is 3. The summed E-state index contributed by atoms with van der Waals surface area (Å²) in [4.78, 5) is 58.9. The van der Waals surface area contributed by atoms with Crippen LogP contribution in [0.5, 0.6) is 0 Å². The lowest BCUT2D eigenvalue weighted by Gasteiger charge is -2.31. The maximum absolute atomic E-state index is 13.5. The molecule has 1 fully saturated rings. The molecule has 0 heterocycles. The van der Waals surface area contributed by atoms with E-state index in [2.05, 4.69) is 16.0 Å². The first kappa shape index (κ1) is 39.1. The number of guanidine groups is 1. The molecule has 0 unspecified atom stereocenters. The minimum absolute atomic E-state index is 0.0602. The van der Waals surface area contributed by atoms with Crippen LogP contribution < -0.4 is 33.2 Å². The summed E-state index contributed by atoms with van der Waals surface area (Å²) in [5.41, 5.74) is 17.6. The summed E-state index contributed by atoms with van der Waals surface area (Å²) in [5.74, 6) is -6.83. The van der Waals surface area contributed by atoms with Crippen LogP contribution in [-0.4, -0.2) is 76.5 Å². The van der Waals surface area contributed by atoms with Gasteiger partial charge in [-0.2, -0.15) is 13.2 Å². The molecule has 0 aliphatic heterocycles. The lowest BCUT2D eigenvalue weighted by Crippen LogP contribution is -2.55. The Kier molecular flexibility index (Phi) is 16.0. The van der Waals surface area contributed by atoms with Gasteiger partial charge in [0.05, 0.1) is 6.42 Å². The molecular formula is C28H41F3N8O7. The highest BCUT2D eigenvalue weighted by molar-refractivity contribution is 5.95. The van der Waals surface area contributed by atoms with E-state index < -0.39 is 60.3 Å². The monoisotopic (exact) mass is 658 g/mol. The van der Waals surface area contributed by atoms with Gasteiger partial charge in [-0.3, -0.25) is 30.0 Å². The lowest BCUT2D eigenvalue weighted by molar-refractivity contribution is -0.192. The van der Waals surface area contributed by atoms with Crippen LogP contribution in [0.4, 0.5) is 13.2 Å². The van der Waals surface area contributed by atoms with Crippen molar-refractivity contribution >= 4 is 41.5 Å². The summed E-state index contributed by atoms with van der Waals surface area (Å²) in [7, 11) is 0. The summed E-state index contributed by atoms with van der Waals surface area (Å²) in [5, 5.41) is 39.0. The van der Waals surface area contributed by atoms with Crippen LogP contribution in [-0.2, 0) is 30.4 Å². The molecule has 0 bridgehead atoms. The molecule has 3 amide bonds. The third kappa shape index (κ3) is 14.7. The van der Waals surface area contributed by atoms with E-state index in [1.54, 1.807) is 24.3 Å². The summed E-state index contributed by atoms with van der Waals surface area (Å²) < 4.78 is 31.7. The number of nitrogens with one attached hydrogen (secondary N) is 5. The quantitative estimate of drug-likeness (QED) is 0.0708. The van der Waals surface area contributed by atoms with Crippen LogP contribution in [0.3, 0.4) is 0 Å². The fourth-order valence-electron chi connectivity index (χ4n) is 4.83. The standard InChI is InChI=1S/C26H40N8O5.C2HF3O2/c27-22(28)17-10-8-15(9-11-17)13-18(16-5-2-1-3-6-16)24(38)34-20(14-21(35)36)25(39)33-19(23(29)37)7-4-12-32-26(30)31;3-2(4,5)1(6)7/h8-11,16,18-20H,1-7,12-14H2,(H3,27,28)(H2,29,37)(H,33,39)(H,34,38)(H,35,36)(H4,30,31,32);(H,6,7)/t18-,19+,20+;/m1./s1. The van der Waals surface area contributed by atoms with Crippen molar-refractivity contribution in [1.29, 1.82) is 10.8 Å². The normalized spacial score (nSPS) is 15.1. The Hall–Kier alpha value is -4.90. The highest BCUT2D eigenvalue weighted by Crippen LogP contribution is 2.32. The smallest absolute Gasteiger partial charge is 0.481 e. The van der Waals surface area contributed by atoms with Gasteiger partial charge in [0, 0.05) is 18.0 Å². The Bertz CT molecular complexity index is 1240. The van der Waals surface area contributed by atoms with Gasteiger partial charge < -0.3 is 43.4 Å². The number of primary amides is 1. The molecule has 0 radical (unpaired) electrons. The lowest BCUT2D eigenvalue weighted by atomic mass is 9.76. The summed E-state index contributed by atoms with van der Waals surface area (Å²) in [6.07, 6.45) is -0.146. The van der Waals surface area contributed by atoms with Crippen LogP contribution in [0, 0.1) is 22.7 Å². The topological polar surface area (TPSA) is 288 Å². The number of halogens is 3. The molecule has 46 heavy (non-hydrogen) atoms. The molecule has 18 heteroatoms. The van der Waals surface area contributed by atoms with Crippen molar-refractivity contribution in [3.05, 3.63) is 35.4 Å². The second-order valence-electron chi connectivity index (χ2n) is 10.7. The molecular weight excluding hydrogens is 617 g/mol. The van der Waals surface area contributed by atoms with Crippen molar-refractivity contribution in [3.63, 3.8) is 0 Å². The first-order valence-electron chi connectivity index (χ1n) is 14.4. The zero-order valence-corrected chi connectivity index (χ0v) is 25.0. The zero-order valence-electron chi connectivity index (χ0n) is 25.0. The molecule has 1 aliphatic carbocycles. The van der Waals surface area contributed by atoms with E-state index in [0.717, 1.165) is 37.7 Å². The van der Waals surface area contributed by atoms with Gasteiger partial charge in [-0.25, -0.2) is 4.79 Å². The Morgan fingerprint density at radius 3 is 1.89 bits per heavy atom. The molecule has 256 valence electrons. The number of carboxylic acid groups (broad SMARTS) is 2. The van der Waals surface area contributed by atoms with Crippen LogP contribution in [0.15, 0.2) is 24.3 Å². The third-order valence-corrected chi connectivity index (χ3v) is 7.18. The Morgan fingerprint density at radius 2 is 1.43 bits per heavy atom. The summed E-state index contributed by atoms with van der Waals surface area (Å²) in [6.45, 7) is 0.279. The average Bonchev–Trinajstić information content (AvgIpc) is 2.97. The predicted octanol–water partition coefficient (Wildman–Crippen LogP) is 0.536. The largest absolute Gasteiger partial charge is 0.490 e. The molecule has 15 nitrogen and oxygen atoms in total. The number of nitrogen functional groups attached to an aromatic ring is 1. The molecule has 0 saturated heterocycles. The highest BCUT2D eigenvalue weighted by Gasteiger charge is 2.38. The number of amides is 3. The van der Waals surface area contributed by atoms with Gasteiger partial charge in [-0.05, 0) is 43.6 Å². The van der Waals surface area contributed by atoms with Crippen molar-refractivity contribution in [3.8, 4) is 0 Å². The molecule has 1 aliphatic rings. The second-order valence-corrected chi connectivity index (χ2v) is 10.7. The molecule has 2 rings (SSSR count). The Balaban J connectivity index is 0.00000135. The van der Waals surface area contributed by atoms with Crippen molar-refractivity contribution < 1.29 is 47.4 Å². The summed E-state index contributed by atoms with van der Waals surface area (Å²) >= 11 is 0. The number of aliphatic carboxylic acids is 2. The van der Waals surface area contributed by atoms with Crippen molar-refractivity contribution in [1.82, 2.24) is 16.0 Å². The number of carboxylic acids is 2. The number of amidine groups is 1. The number of hydrogen-bond acceptors (Lipinski definition) is 7. The molecule has 0 aromatic heterocycles. The third-order valence-electron chi connectivity index (χ3n) is 7.18. The number of benzene rings is 1. The summed E-state index contributed by atoms with van der Waals surface area (Å²) in [6, 6.07) is 4.54. The van der Waals surface area contributed by atoms with Gasteiger partial charge in [-0.1, -0.05) is 43.5 Å². The fraction of sp³-hybridized carbons (Fsp3) is 0.536. The van der Waals surface area contributed by atoms with E-state index >= 15 is 0 Å². The van der Waals surface area contributed by atoms with E-state index in [4.69, 9.17) is 37.9 Å². The zero-order chi connectivity index (χ0) is 35.0. The van der Waals surface area contributed by atoms with Crippen LogP contribution in [0.25, 0.3) is 0 Å². The molecule has 1 saturated carbocycles. The number of carbonyl (C=O) groups is 5. The highest BCUT2D eigenvalue weighted by atomic mass is 19.4. The SMILES string of the molecule is N=C(N)NCCC[C@H](NC(=O)[C@H](CC(=O)O)NC(=O)[C@H](Cc1ccc(C(=N)N)cc1)C1CCCCC1)C(N)=O.O=C(O)C(F)(F)F. The maximum atomic E-state index is 13.5. The van der Waals surface area contributed by atoms with Crippen molar-refractivity contribution in [2.75, 3.05) is 6.54 Å². The molecule has 13 N–H and O–H groups in total. The van der Waals surface area contributed by atoms with E-state index in [1.807, 2.05) is 0 Å². The van der Waals surface area contributed by atoms with Gasteiger partial charge in [0.15, 0.2) is 5.96 Å². The van der Waals surface area contributed by atoms with E-state index in [1.165, 1.54) is 0 Å². The number of carbonyl (C=O) groups excluding carboxylic acids is 3. The van der Waals surface area contributed by atoms with Crippen LogP contribution in [0.2, 0.25) is 0 Å². The Morgan fingerprint density at radius 1 is 0.891 bits per heavy atom. The van der Waals surface area contributed by atoms with Crippen LogP contribution >= 0.6 is 0 Å². The number of rotatable bonds is 15. The molecule has 3 atom stereocenters. The van der Waals surface area contributed by atoms with Crippen molar-refractivity contribution in [2.45, 2.75) is 76.0 Å². The van der Waals surface area contributed by atoms with E-state index in [9.17, 15) is 37.5 Å². The van der Waals surface area contributed by atoms with E-state index in [0.29, 0.717) is 18.4 Å². The first-order chi connectivity index (χ1) is 21.4. The van der Waals surface area contributed by atoms with E-state index in [-0.39, 0.29) is 30.7 Å². The van der Waals surface area contributed by atoms with Gasteiger partial charge in [0.2, 0.25) is 17.7 Å². The minimum atomic E-state index is -5.08. The molecule has 0 spiro atoms. The average molecular weight is 659 g/mol.